The molecule has 0 heterocycles. The molecule has 0 aromatic heterocycles. The highest BCUT2D eigenvalue weighted by Gasteiger charge is 2.23. The van der Waals surface area contributed by atoms with Crippen LogP contribution in [0.5, 0.6) is 0 Å². The fourth-order valence-corrected chi connectivity index (χ4v) is 3.18. The van der Waals surface area contributed by atoms with E-state index in [2.05, 4.69) is 35.6 Å². The van der Waals surface area contributed by atoms with Crippen LogP contribution >= 0.6 is 0 Å². The summed E-state index contributed by atoms with van der Waals surface area (Å²) in [5, 5.41) is 12.1. The minimum absolute atomic E-state index is 0.138. The summed E-state index contributed by atoms with van der Waals surface area (Å²) >= 11 is 0. The predicted molar refractivity (Wildman–Crippen MR) is 85.1 cm³/mol. The highest BCUT2D eigenvalue weighted by Crippen LogP contribution is 2.36. The van der Waals surface area contributed by atoms with E-state index in [4.69, 9.17) is 0 Å². The maximum Gasteiger partial charge on any atom is 0.220 e. The maximum atomic E-state index is 11.9. The third-order valence-corrected chi connectivity index (χ3v) is 4.48. The molecule has 0 aliphatic heterocycles. The monoisotopic (exact) mass is 289 g/mol. The molecule has 1 aliphatic rings. The van der Waals surface area contributed by atoms with Crippen molar-refractivity contribution in [3.63, 3.8) is 0 Å². The maximum absolute atomic E-state index is 11.9. The third-order valence-electron chi connectivity index (χ3n) is 4.48. The zero-order valence-electron chi connectivity index (χ0n) is 12.9. The fourth-order valence-electron chi connectivity index (χ4n) is 3.18. The van der Waals surface area contributed by atoms with Gasteiger partial charge >= 0.3 is 0 Å². The first-order chi connectivity index (χ1) is 10.1. The average Bonchev–Trinajstić information content (AvgIpc) is 2.48. The molecule has 1 aromatic rings. The van der Waals surface area contributed by atoms with E-state index >= 15 is 0 Å². The van der Waals surface area contributed by atoms with Crippen molar-refractivity contribution in [3.8, 4) is 0 Å². The van der Waals surface area contributed by atoms with Crippen molar-refractivity contribution in [2.75, 3.05) is 6.54 Å². The van der Waals surface area contributed by atoms with Crippen molar-refractivity contribution >= 4 is 5.91 Å². The van der Waals surface area contributed by atoms with Crippen molar-refractivity contribution in [1.82, 2.24) is 5.32 Å². The normalized spacial score (nSPS) is 23.5. The summed E-state index contributed by atoms with van der Waals surface area (Å²) in [6.07, 6.45) is 5.60. The molecular formula is C18H27NO2. The van der Waals surface area contributed by atoms with E-state index in [0.717, 1.165) is 12.8 Å². The highest BCUT2D eigenvalue weighted by atomic mass is 16.3. The molecule has 0 spiro atoms. The Morgan fingerprint density at radius 1 is 1.24 bits per heavy atom. The number of carbonyl (C=O) groups excluding carboxylic acids is 1. The number of hydrogen-bond acceptors (Lipinski definition) is 2. The summed E-state index contributed by atoms with van der Waals surface area (Å²) in [5.74, 6) is 1.33. The van der Waals surface area contributed by atoms with Crippen molar-refractivity contribution in [1.29, 1.82) is 0 Å². The van der Waals surface area contributed by atoms with E-state index in [1.165, 1.54) is 18.4 Å². The van der Waals surface area contributed by atoms with Gasteiger partial charge < -0.3 is 10.4 Å². The van der Waals surface area contributed by atoms with Crippen LogP contribution < -0.4 is 5.32 Å². The van der Waals surface area contributed by atoms with Gasteiger partial charge in [0.05, 0.1) is 6.10 Å². The quantitative estimate of drug-likeness (QED) is 0.844. The Morgan fingerprint density at radius 3 is 2.52 bits per heavy atom. The standard InChI is InChI=1S/C18H27NO2/c1-14(20)11-12-19-18(21)13-15-7-9-17(10-8-15)16-5-3-2-4-6-16/h2-6,14-15,17,20H,7-13H2,1H3,(H,19,21). The van der Waals surface area contributed by atoms with Crippen LogP contribution in [0.4, 0.5) is 0 Å². The number of rotatable bonds is 6. The van der Waals surface area contributed by atoms with Crippen LogP contribution in [0, 0.1) is 5.92 Å². The first-order valence-corrected chi connectivity index (χ1v) is 8.15. The lowest BCUT2D eigenvalue weighted by molar-refractivity contribution is -0.122. The Morgan fingerprint density at radius 2 is 1.90 bits per heavy atom. The SMILES string of the molecule is CC(O)CCNC(=O)CC1CCC(c2ccccc2)CC1. The van der Waals surface area contributed by atoms with E-state index in [1.807, 2.05) is 0 Å². The number of aliphatic hydroxyl groups is 1. The van der Waals surface area contributed by atoms with Gasteiger partial charge in [0.15, 0.2) is 0 Å². The van der Waals surface area contributed by atoms with E-state index in [-0.39, 0.29) is 12.0 Å². The number of hydrogen-bond donors (Lipinski definition) is 2. The van der Waals surface area contributed by atoms with E-state index < -0.39 is 0 Å². The second kappa shape index (κ2) is 8.18. The highest BCUT2D eigenvalue weighted by molar-refractivity contribution is 5.76. The van der Waals surface area contributed by atoms with Gasteiger partial charge in [-0.25, -0.2) is 0 Å². The van der Waals surface area contributed by atoms with Crippen molar-refractivity contribution < 1.29 is 9.90 Å². The molecule has 0 saturated heterocycles. The van der Waals surface area contributed by atoms with Crippen LogP contribution in [-0.4, -0.2) is 23.7 Å². The van der Waals surface area contributed by atoms with E-state index in [1.54, 1.807) is 6.92 Å². The zero-order chi connectivity index (χ0) is 15.1. The number of amides is 1. The largest absolute Gasteiger partial charge is 0.393 e. The second-order valence-corrected chi connectivity index (χ2v) is 6.32. The first-order valence-electron chi connectivity index (χ1n) is 8.15. The molecule has 1 aromatic carbocycles. The molecular weight excluding hydrogens is 262 g/mol. The van der Waals surface area contributed by atoms with Gasteiger partial charge in [-0.1, -0.05) is 30.3 Å². The summed E-state index contributed by atoms with van der Waals surface area (Å²) in [6.45, 7) is 2.33. The molecule has 21 heavy (non-hydrogen) atoms. The molecule has 1 unspecified atom stereocenters. The molecule has 0 radical (unpaired) electrons. The van der Waals surface area contributed by atoms with E-state index in [0.29, 0.717) is 31.2 Å². The minimum Gasteiger partial charge on any atom is -0.393 e. The summed E-state index contributed by atoms with van der Waals surface area (Å²) < 4.78 is 0. The van der Waals surface area contributed by atoms with Gasteiger partial charge in [0, 0.05) is 13.0 Å². The molecule has 0 bridgehead atoms. The van der Waals surface area contributed by atoms with Crippen LogP contribution in [0.3, 0.4) is 0 Å². The van der Waals surface area contributed by atoms with Gasteiger partial charge in [-0.2, -0.15) is 0 Å². The molecule has 3 nitrogen and oxygen atoms in total. The Balaban J connectivity index is 1.68. The number of benzene rings is 1. The third kappa shape index (κ3) is 5.50. The lowest BCUT2D eigenvalue weighted by Gasteiger charge is -2.28. The van der Waals surface area contributed by atoms with Crippen LogP contribution in [0.15, 0.2) is 30.3 Å². The lowest BCUT2D eigenvalue weighted by atomic mass is 9.77. The molecule has 1 atom stereocenters. The lowest BCUT2D eigenvalue weighted by Crippen LogP contribution is -2.29. The van der Waals surface area contributed by atoms with Gasteiger partial charge in [0.2, 0.25) is 5.91 Å². The molecule has 2 N–H and O–H groups in total. The van der Waals surface area contributed by atoms with Crippen molar-refractivity contribution in [3.05, 3.63) is 35.9 Å². The topological polar surface area (TPSA) is 49.3 Å². The van der Waals surface area contributed by atoms with Gasteiger partial charge in [0.25, 0.3) is 0 Å². The Bertz CT molecular complexity index is 422. The summed E-state index contributed by atoms with van der Waals surface area (Å²) in [4.78, 5) is 11.9. The molecule has 116 valence electrons. The fraction of sp³-hybridized carbons (Fsp3) is 0.611. The summed E-state index contributed by atoms with van der Waals surface area (Å²) in [5.41, 5.74) is 1.44. The van der Waals surface area contributed by atoms with Crippen LogP contribution in [0.2, 0.25) is 0 Å². The summed E-state index contributed by atoms with van der Waals surface area (Å²) in [7, 11) is 0. The van der Waals surface area contributed by atoms with E-state index in [9.17, 15) is 9.90 Å². The van der Waals surface area contributed by atoms with Gasteiger partial charge in [-0.15, -0.1) is 0 Å². The molecule has 3 heteroatoms. The van der Waals surface area contributed by atoms with Crippen molar-refractivity contribution in [2.45, 2.75) is 57.5 Å². The number of carbonyl (C=O) groups is 1. The summed E-state index contributed by atoms with van der Waals surface area (Å²) in [6, 6.07) is 10.7. The zero-order valence-corrected chi connectivity index (χ0v) is 12.9. The molecule has 1 aliphatic carbocycles. The predicted octanol–water partition coefficient (Wildman–Crippen LogP) is 3.24. The second-order valence-electron chi connectivity index (χ2n) is 6.32. The average molecular weight is 289 g/mol. The van der Waals surface area contributed by atoms with Crippen LogP contribution in [0.25, 0.3) is 0 Å². The van der Waals surface area contributed by atoms with Gasteiger partial charge in [0.1, 0.15) is 0 Å². The molecule has 1 amide bonds. The molecule has 1 saturated carbocycles. The van der Waals surface area contributed by atoms with Crippen LogP contribution in [-0.2, 0) is 4.79 Å². The van der Waals surface area contributed by atoms with Crippen molar-refractivity contribution in [2.24, 2.45) is 5.92 Å². The smallest absolute Gasteiger partial charge is 0.220 e. The Kier molecular flexibility index (Phi) is 6.24. The Hall–Kier alpha value is -1.35. The van der Waals surface area contributed by atoms with Gasteiger partial charge in [-0.3, -0.25) is 4.79 Å². The first kappa shape index (κ1) is 16.0. The molecule has 2 rings (SSSR count). The number of aliphatic hydroxyl groups excluding tert-OH is 1. The Labute approximate surface area is 127 Å². The van der Waals surface area contributed by atoms with Gasteiger partial charge in [-0.05, 0) is 56.4 Å². The van der Waals surface area contributed by atoms with Crippen LogP contribution in [0.1, 0.15) is 56.9 Å². The number of nitrogens with one attached hydrogen (secondary N) is 1. The minimum atomic E-state index is -0.341. The molecule has 1 fully saturated rings.